The minimum absolute atomic E-state index is 0.196. The number of unbranched alkanes of at least 4 members (excludes halogenated alkanes) is 32. The fourth-order valence-corrected chi connectivity index (χ4v) is 13.4. The van der Waals surface area contributed by atoms with Crippen molar-refractivity contribution in [2.75, 3.05) is 13.2 Å². The lowest BCUT2D eigenvalue weighted by molar-refractivity contribution is -0.296. The molecule has 0 aromatic carbocycles. The van der Waals surface area contributed by atoms with Gasteiger partial charge in [-0.1, -0.05) is 259 Å². The maximum atomic E-state index is 14.1. The Bertz CT molecular complexity index is 2080. The summed E-state index contributed by atoms with van der Waals surface area (Å²) in [6.45, 7) is 6.55. The molecule has 560 valence electrons. The third-order valence-corrected chi connectivity index (χ3v) is 18.8. The van der Waals surface area contributed by atoms with Crippen LogP contribution < -0.4 is 10.6 Å². The quantitative estimate of drug-likeness (QED) is 0.0153. The standard InChI is InChI=1S/C68H130N2O23P2/c1-5-9-13-17-21-25-29-33-37-41-51(72)45-57(76)69-61-65(90-59(78)47-53(74)43-39-35-31-27-23-19-15-11-7-3)63(80)56(89-68(61)93-95(84,85)86)50-87-67-62(70-58(77)46-52(73)42-38-34-30-26-22-18-14-10-6-2)66(64(55(49-71)88-67)92-94(81,82)83)91-60(79)48-54(75)44-40-36-32-28-24-20-16-12-8-4/h51-56,61-68,71-75,80H,5-50H2,1-4H3,(H,69,76)(H,70,77)(H2,81,82,83)(H2,84,85,86)/t51-,52-,53-,54-,55-,56-,61-,62-,63-,64-,65-,66-,67-,68-/m1/s1. The zero-order chi connectivity index (χ0) is 70.3. The summed E-state index contributed by atoms with van der Waals surface area (Å²) in [6.07, 6.45) is 13.8. The number of hydrogen-bond donors (Lipinski definition) is 12. The number of carbonyl (C=O) groups is 4. The molecule has 2 saturated heterocycles. The molecule has 2 rings (SSSR count). The second-order valence-electron chi connectivity index (χ2n) is 26.7. The van der Waals surface area contributed by atoms with E-state index < -0.39 is 164 Å². The molecule has 0 radical (unpaired) electrons. The Labute approximate surface area is 568 Å². The highest BCUT2D eigenvalue weighted by Gasteiger charge is 2.55. The summed E-state index contributed by atoms with van der Waals surface area (Å²) in [6, 6.07) is -3.75. The first-order chi connectivity index (χ1) is 45.4. The molecule has 2 heterocycles. The van der Waals surface area contributed by atoms with Gasteiger partial charge in [-0.3, -0.25) is 28.2 Å². The van der Waals surface area contributed by atoms with Crippen LogP contribution in [-0.2, 0) is 61.0 Å². The van der Waals surface area contributed by atoms with E-state index in [1.165, 1.54) is 51.4 Å². The molecule has 2 aliphatic heterocycles. The number of amides is 2. The molecule has 95 heavy (non-hydrogen) atoms. The zero-order valence-corrected chi connectivity index (χ0v) is 60.1. The summed E-state index contributed by atoms with van der Waals surface area (Å²) < 4.78 is 65.3. The highest BCUT2D eigenvalue weighted by Crippen LogP contribution is 2.44. The summed E-state index contributed by atoms with van der Waals surface area (Å²) in [5, 5.41) is 72.2. The van der Waals surface area contributed by atoms with E-state index in [1.54, 1.807) is 0 Å². The van der Waals surface area contributed by atoms with Crippen molar-refractivity contribution >= 4 is 39.4 Å². The van der Waals surface area contributed by atoms with Gasteiger partial charge < -0.3 is 84.5 Å². The normalized spacial score (nSPS) is 23.0. The largest absolute Gasteiger partial charge is 0.472 e. The average molecular weight is 1410 g/mol. The van der Waals surface area contributed by atoms with E-state index in [0.29, 0.717) is 25.7 Å². The lowest BCUT2D eigenvalue weighted by atomic mass is 9.95. The number of phosphoric ester groups is 2. The van der Waals surface area contributed by atoms with Crippen molar-refractivity contribution < 1.29 is 111 Å². The molecule has 0 spiro atoms. The number of esters is 2. The van der Waals surface area contributed by atoms with Crippen LogP contribution in [0.25, 0.3) is 0 Å². The van der Waals surface area contributed by atoms with Gasteiger partial charge in [0.2, 0.25) is 11.8 Å². The van der Waals surface area contributed by atoms with E-state index in [2.05, 4.69) is 38.3 Å². The smallest absolute Gasteiger partial charge is 0.457 e. The predicted molar refractivity (Wildman–Crippen MR) is 360 cm³/mol. The second-order valence-corrected chi connectivity index (χ2v) is 29.1. The lowest BCUT2D eigenvalue weighted by Gasteiger charge is -2.47. The van der Waals surface area contributed by atoms with Gasteiger partial charge in [0.1, 0.15) is 36.5 Å². The van der Waals surface area contributed by atoms with Gasteiger partial charge in [0.15, 0.2) is 24.8 Å². The average Bonchev–Trinajstić information content (AvgIpc) is 0.788. The summed E-state index contributed by atoms with van der Waals surface area (Å²) in [5.74, 6) is -4.01. The molecular weight excluding hydrogens is 1270 g/mol. The number of ether oxygens (including phenoxy) is 5. The molecule has 2 amide bonds. The van der Waals surface area contributed by atoms with Crippen molar-refractivity contribution in [2.45, 2.75) is 396 Å². The first kappa shape index (κ1) is 88.8. The van der Waals surface area contributed by atoms with Crippen molar-refractivity contribution in [2.24, 2.45) is 0 Å². The van der Waals surface area contributed by atoms with Gasteiger partial charge >= 0.3 is 27.6 Å². The molecule has 12 N–H and O–H groups in total. The van der Waals surface area contributed by atoms with E-state index in [1.807, 2.05) is 0 Å². The van der Waals surface area contributed by atoms with Crippen LogP contribution in [0.4, 0.5) is 0 Å². The Morgan fingerprint density at radius 2 is 0.695 bits per heavy atom. The van der Waals surface area contributed by atoms with E-state index in [0.717, 1.165) is 154 Å². The molecule has 25 nitrogen and oxygen atoms in total. The first-order valence-electron chi connectivity index (χ1n) is 36.8. The van der Waals surface area contributed by atoms with Crippen LogP contribution in [0, 0.1) is 0 Å². The highest BCUT2D eigenvalue weighted by atomic mass is 31.2. The topological polar surface area (TPSA) is 393 Å². The third kappa shape index (κ3) is 43.2. The minimum Gasteiger partial charge on any atom is -0.457 e. The summed E-state index contributed by atoms with van der Waals surface area (Å²) >= 11 is 0. The summed E-state index contributed by atoms with van der Waals surface area (Å²) in [7, 11) is -11.2. The molecule has 2 aliphatic rings. The van der Waals surface area contributed by atoms with Gasteiger partial charge in [-0.05, 0) is 25.7 Å². The molecule has 0 aliphatic carbocycles. The first-order valence-corrected chi connectivity index (χ1v) is 39.9. The molecule has 0 bridgehead atoms. The highest BCUT2D eigenvalue weighted by molar-refractivity contribution is 7.46. The lowest BCUT2D eigenvalue weighted by Crippen LogP contribution is -2.68. The van der Waals surface area contributed by atoms with Gasteiger partial charge in [0.05, 0.1) is 63.3 Å². The van der Waals surface area contributed by atoms with Crippen molar-refractivity contribution in [1.82, 2.24) is 10.6 Å². The minimum atomic E-state index is -5.61. The van der Waals surface area contributed by atoms with Crippen LogP contribution >= 0.6 is 15.6 Å². The van der Waals surface area contributed by atoms with E-state index >= 15 is 0 Å². The SMILES string of the molecule is CCCCCCCCCCC[C@@H](O)CC(=O)N[C@H]1[C@H](OC[C@H]2O[C@H](OP(=O)(O)O)[C@H](NC(=O)C[C@H](O)CCCCCCCCCCC)[C@@H](OC(=O)C[C@H](O)CCCCCCCCCCC)[C@@H]2O)O[C@H](CO)[C@@H](OP(=O)(O)O)[C@@H]1OC(=O)C[C@H](O)CCCCCCCCCCC. The Balaban J connectivity index is 2.55. The molecule has 14 atom stereocenters. The number of rotatable bonds is 60. The third-order valence-electron chi connectivity index (χ3n) is 17.8. The van der Waals surface area contributed by atoms with Crippen molar-refractivity contribution in [3.05, 3.63) is 0 Å². The maximum Gasteiger partial charge on any atom is 0.472 e. The fraction of sp³-hybridized carbons (Fsp3) is 0.941. The van der Waals surface area contributed by atoms with Crippen LogP contribution in [0.1, 0.15) is 310 Å². The zero-order valence-electron chi connectivity index (χ0n) is 58.3. The Kier molecular flexibility index (Phi) is 50.1. The van der Waals surface area contributed by atoms with Crippen molar-refractivity contribution in [3.8, 4) is 0 Å². The monoisotopic (exact) mass is 1400 g/mol. The van der Waals surface area contributed by atoms with Gasteiger partial charge in [0.25, 0.3) is 0 Å². The van der Waals surface area contributed by atoms with Gasteiger partial charge in [-0.2, -0.15) is 0 Å². The fourth-order valence-electron chi connectivity index (χ4n) is 12.4. The van der Waals surface area contributed by atoms with Crippen molar-refractivity contribution in [1.29, 1.82) is 0 Å². The van der Waals surface area contributed by atoms with E-state index in [4.69, 9.17) is 32.7 Å². The Morgan fingerprint density at radius 3 is 1.02 bits per heavy atom. The molecule has 2 fully saturated rings. The summed E-state index contributed by atoms with van der Waals surface area (Å²) in [5.41, 5.74) is 0. The van der Waals surface area contributed by atoms with Crippen LogP contribution in [-0.4, -0.2) is 173 Å². The number of aliphatic hydroxyl groups is 6. The molecular formula is C68H130N2O23P2. The number of aliphatic hydroxyl groups excluding tert-OH is 6. The predicted octanol–water partition coefficient (Wildman–Crippen LogP) is 10.9. The second kappa shape index (κ2) is 53.6. The van der Waals surface area contributed by atoms with E-state index in [9.17, 15) is 78.5 Å². The van der Waals surface area contributed by atoms with Crippen LogP contribution in [0.3, 0.4) is 0 Å². The molecule has 27 heteroatoms. The molecule has 0 aromatic heterocycles. The van der Waals surface area contributed by atoms with Gasteiger partial charge in [-0.25, -0.2) is 9.13 Å². The molecule has 0 saturated carbocycles. The van der Waals surface area contributed by atoms with Crippen molar-refractivity contribution in [3.63, 3.8) is 0 Å². The Hall–Kier alpha value is -2.26. The Morgan fingerprint density at radius 1 is 0.400 bits per heavy atom. The van der Waals surface area contributed by atoms with E-state index in [-0.39, 0.29) is 25.7 Å². The number of carbonyl (C=O) groups excluding carboxylic acids is 4. The van der Waals surface area contributed by atoms with Crippen LogP contribution in [0.2, 0.25) is 0 Å². The molecule has 0 unspecified atom stereocenters. The summed E-state index contributed by atoms with van der Waals surface area (Å²) in [4.78, 5) is 96.5. The van der Waals surface area contributed by atoms with Crippen LogP contribution in [0.15, 0.2) is 0 Å². The maximum absolute atomic E-state index is 14.1. The number of hydrogen-bond acceptors (Lipinski definition) is 19. The number of phosphoric acid groups is 2. The number of nitrogens with one attached hydrogen (secondary N) is 2. The molecule has 0 aromatic rings. The van der Waals surface area contributed by atoms with Crippen LogP contribution in [0.5, 0.6) is 0 Å². The van der Waals surface area contributed by atoms with Gasteiger partial charge in [0, 0.05) is 0 Å². The van der Waals surface area contributed by atoms with Gasteiger partial charge in [-0.15, -0.1) is 0 Å².